The van der Waals surface area contributed by atoms with E-state index in [1.807, 2.05) is 6.26 Å². The first-order valence-corrected chi connectivity index (χ1v) is 15.9. The Balaban J connectivity index is 5.34. The van der Waals surface area contributed by atoms with E-state index in [9.17, 15) is 24.0 Å². The number of thioether (sulfide) groups is 1. The van der Waals surface area contributed by atoms with E-state index in [0.29, 0.717) is 6.42 Å². The number of ether oxygens (including phenoxy) is 3. The normalized spacial score (nSPS) is 12.5. The Labute approximate surface area is 261 Å². The molecule has 0 fully saturated rings. The number of carbonyl (C=O) groups excluding carboxylic acids is 5. The standard InChI is InChI=1S/C29H55N5O8S/c1-21(35)22(12-19-43-11)32-23(36)20-30-13-15-33(25(38)41-28(5,6)7)17-18-34(26(39)42-29(8,9)10)16-14-31-24(37)40-27(2,3)4/h22,30H,12-20H2,1-11H3,(H,31,37)(H,32,36). The van der Waals surface area contributed by atoms with Crippen LogP contribution in [0.4, 0.5) is 14.4 Å². The van der Waals surface area contributed by atoms with Crippen LogP contribution in [0.2, 0.25) is 0 Å². The van der Waals surface area contributed by atoms with Gasteiger partial charge in [0.1, 0.15) is 16.8 Å². The lowest BCUT2D eigenvalue weighted by atomic mass is 10.1. The lowest BCUT2D eigenvalue weighted by Gasteiger charge is -2.31. The molecule has 0 rings (SSSR count). The highest BCUT2D eigenvalue weighted by atomic mass is 32.2. The molecular weight excluding hydrogens is 578 g/mol. The summed E-state index contributed by atoms with van der Waals surface area (Å²) in [5.74, 6) is 0.327. The summed E-state index contributed by atoms with van der Waals surface area (Å²) in [5, 5.41) is 8.36. The smallest absolute Gasteiger partial charge is 0.410 e. The van der Waals surface area contributed by atoms with Crippen LogP contribution in [-0.4, -0.2) is 120 Å². The average Bonchev–Trinajstić information content (AvgIpc) is 2.81. The number of rotatable bonds is 16. The molecule has 250 valence electrons. The molecule has 0 heterocycles. The van der Waals surface area contributed by atoms with Crippen LogP contribution in [0.5, 0.6) is 0 Å². The lowest BCUT2D eigenvalue weighted by Crippen LogP contribution is -2.48. The van der Waals surface area contributed by atoms with E-state index in [2.05, 4.69) is 16.0 Å². The molecule has 3 N–H and O–H groups in total. The fourth-order valence-corrected chi connectivity index (χ4v) is 3.84. The van der Waals surface area contributed by atoms with Crippen LogP contribution >= 0.6 is 11.8 Å². The average molecular weight is 634 g/mol. The number of nitrogens with zero attached hydrogens (tertiary/aromatic N) is 2. The number of carbonyl (C=O) groups is 5. The molecule has 4 amide bonds. The van der Waals surface area contributed by atoms with Crippen LogP contribution in [0.1, 0.15) is 75.7 Å². The van der Waals surface area contributed by atoms with E-state index in [1.54, 1.807) is 74.1 Å². The summed E-state index contributed by atoms with van der Waals surface area (Å²) >= 11 is 1.60. The highest BCUT2D eigenvalue weighted by Crippen LogP contribution is 2.12. The van der Waals surface area contributed by atoms with Crippen LogP contribution in [0.15, 0.2) is 0 Å². The van der Waals surface area contributed by atoms with Crippen molar-refractivity contribution in [2.24, 2.45) is 0 Å². The van der Waals surface area contributed by atoms with E-state index >= 15 is 0 Å². The number of Topliss-reactive ketones (excluding diaryl/α,β-unsaturated/α-hetero) is 1. The van der Waals surface area contributed by atoms with Crippen molar-refractivity contribution >= 4 is 41.7 Å². The molecule has 0 aromatic heterocycles. The SMILES string of the molecule is CSCCC(NC(=O)CNCCN(CCN(CCNC(=O)OC(C)(C)C)C(=O)OC(C)(C)C)C(=O)OC(C)(C)C)C(C)=O. The summed E-state index contributed by atoms with van der Waals surface area (Å²) in [4.78, 5) is 65.1. The zero-order valence-electron chi connectivity index (χ0n) is 28.0. The van der Waals surface area contributed by atoms with Gasteiger partial charge in [-0.05, 0) is 87.7 Å². The monoisotopic (exact) mass is 633 g/mol. The Morgan fingerprint density at radius 2 is 1.19 bits per heavy atom. The predicted octanol–water partition coefficient (Wildman–Crippen LogP) is 3.40. The molecule has 0 spiro atoms. The lowest BCUT2D eigenvalue weighted by molar-refractivity contribution is -0.126. The molecule has 1 atom stereocenters. The molecule has 0 aliphatic rings. The zero-order chi connectivity index (χ0) is 33.4. The van der Waals surface area contributed by atoms with Gasteiger partial charge in [0.2, 0.25) is 5.91 Å². The first-order chi connectivity index (χ1) is 19.6. The summed E-state index contributed by atoms with van der Waals surface area (Å²) in [6.45, 7) is 18.0. The van der Waals surface area contributed by atoms with E-state index in [1.165, 1.54) is 16.7 Å². The maximum atomic E-state index is 13.0. The molecule has 0 radical (unpaired) electrons. The van der Waals surface area contributed by atoms with Gasteiger partial charge >= 0.3 is 18.3 Å². The van der Waals surface area contributed by atoms with E-state index < -0.39 is 41.1 Å². The van der Waals surface area contributed by atoms with Crippen LogP contribution in [0.3, 0.4) is 0 Å². The number of alkyl carbamates (subject to hydrolysis) is 1. The summed E-state index contributed by atoms with van der Waals surface area (Å²) in [7, 11) is 0. The topological polar surface area (TPSA) is 156 Å². The number of amides is 4. The minimum atomic E-state index is -0.750. The number of ketones is 1. The third-order valence-corrected chi connectivity index (χ3v) is 5.92. The molecule has 13 nitrogen and oxygen atoms in total. The van der Waals surface area contributed by atoms with Gasteiger partial charge in [0, 0.05) is 39.3 Å². The van der Waals surface area contributed by atoms with Crippen LogP contribution in [0.25, 0.3) is 0 Å². The molecule has 0 saturated heterocycles. The quantitative estimate of drug-likeness (QED) is 0.170. The van der Waals surface area contributed by atoms with Crippen molar-refractivity contribution in [2.45, 2.75) is 98.5 Å². The molecule has 0 saturated carbocycles. The Morgan fingerprint density at radius 1 is 0.721 bits per heavy atom. The van der Waals surface area contributed by atoms with Gasteiger partial charge < -0.3 is 40.0 Å². The minimum Gasteiger partial charge on any atom is -0.444 e. The summed E-state index contributed by atoms with van der Waals surface area (Å²) in [6, 6.07) is -0.538. The molecule has 0 aliphatic carbocycles. The highest BCUT2D eigenvalue weighted by molar-refractivity contribution is 7.98. The third kappa shape index (κ3) is 21.6. The van der Waals surface area contributed by atoms with Gasteiger partial charge in [0.15, 0.2) is 5.78 Å². The van der Waals surface area contributed by atoms with Gasteiger partial charge in [-0.2, -0.15) is 11.8 Å². The van der Waals surface area contributed by atoms with Gasteiger partial charge in [-0.1, -0.05) is 0 Å². The maximum absolute atomic E-state index is 13.0. The van der Waals surface area contributed by atoms with E-state index in [-0.39, 0.29) is 57.5 Å². The van der Waals surface area contributed by atoms with Crippen molar-refractivity contribution in [3.8, 4) is 0 Å². The largest absolute Gasteiger partial charge is 0.444 e. The molecule has 1 unspecified atom stereocenters. The molecular formula is C29H55N5O8S. The second kappa shape index (κ2) is 18.8. The Bertz CT molecular complexity index is 912. The van der Waals surface area contributed by atoms with Crippen molar-refractivity contribution in [3.63, 3.8) is 0 Å². The van der Waals surface area contributed by atoms with Gasteiger partial charge in [0.05, 0.1) is 12.6 Å². The molecule has 14 heteroatoms. The van der Waals surface area contributed by atoms with Crippen LogP contribution < -0.4 is 16.0 Å². The molecule has 43 heavy (non-hydrogen) atoms. The van der Waals surface area contributed by atoms with Crippen molar-refractivity contribution in [2.75, 3.05) is 57.8 Å². The minimum absolute atomic E-state index is 0.0361. The fraction of sp³-hybridized carbons (Fsp3) is 0.828. The molecule has 0 bridgehead atoms. The molecule has 0 aromatic carbocycles. The Kier molecular flexibility index (Phi) is 17.6. The zero-order valence-corrected chi connectivity index (χ0v) is 28.8. The molecule has 0 aromatic rings. The van der Waals surface area contributed by atoms with E-state index in [0.717, 1.165) is 5.75 Å². The van der Waals surface area contributed by atoms with Crippen LogP contribution in [0, 0.1) is 0 Å². The summed E-state index contributed by atoms with van der Waals surface area (Å²) in [6.07, 6.45) is 0.698. The van der Waals surface area contributed by atoms with Gasteiger partial charge in [-0.25, -0.2) is 14.4 Å². The first-order valence-electron chi connectivity index (χ1n) is 14.6. The summed E-state index contributed by atoms with van der Waals surface area (Å²) < 4.78 is 16.3. The highest BCUT2D eigenvalue weighted by Gasteiger charge is 2.26. The second-order valence-electron chi connectivity index (χ2n) is 13.1. The van der Waals surface area contributed by atoms with Crippen molar-refractivity contribution in [1.29, 1.82) is 0 Å². The Hall–Kier alpha value is -2.74. The number of nitrogens with one attached hydrogen (secondary N) is 3. The number of hydrogen-bond donors (Lipinski definition) is 3. The molecule has 0 aliphatic heterocycles. The number of hydrogen-bond acceptors (Lipinski definition) is 10. The van der Waals surface area contributed by atoms with Gasteiger partial charge in [-0.15, -0.1) is 0 Å². The second-order valence-corrected chi connectivity index (χ2v) is 14.0. The Morgan fingerprint density at radius 3 is 1.60 bits per heavy atom. The predicted molar refractivity (Wildman–Crippen MR) is 168 cm³/mol. The maximum Gasteiger partial charge on any atom is 0.410 e. The first kappa shape index (κ1) is 40.3. The van der Waals surface area contributed by atoms with Gasteiger partial charge in [-0.3, -0.25) is 9.59 Å². The van der Waals surface area contributed by atoms with Crippen molar-refractivity contribution in [3.05, 3.63) is 0 Å². The van der Waals surface area contributed by atoms with Gasteiger partial charge in [0.25, 0.3) is 0 Å². The van der Waals surface area contributed by atoms with Crippen molar-refractivity contribution < 1.29 is 38.2 Å². The fourth-order valence-electron chi connectivity index (χ4n) is 3.36. The summed E-state index contributed by atoms with van der Waals surface area (Å²) in [5.41, 5.74) is -2.16. The van der Waals surface area contributed by atoms with Crippen LogP contribution in [-0.2, 0) is 23.8 Å². The third-order valence-electron chi connectivity index (χ3n) is 5.27. The van der Waals surface area contributed by atoms with E-state index in [4.69, 9.17) is 14.2 Å². The van der Waals surface area contributed by atoms with Crippen molar-refractivity contribution in [1.82, 2.24) is 25.8 Å².